The van der Waals surface area contributed by atoms with Crippen molar-refractivity contribution in [2.24, 2.45) is 0 Å². The average molecular weight is 242 g/mol. The monoisotopic (exact) mass is 242 g/mol. The van der Waals surface area contributed by atoms with Gasteiger partial charge in [-0.15, -0.1) is 0 Å². The second kappa shape index (κ2) is 3.50. The molecule has 0 aliphatic carbocycles. The van der Waals surface area contributed by atoms with Gasteiger partial charge in [-0.05, 0) is 25.1 Å². The largest absolute Gasteiger partial charge is 0.504 e. The van der Waals surface area contributed by atoms with Gasteiger partial charge in [-0.25, -0.2) is 4.79 Å². The van der Waals surface area contributed by atoms with Crippen molar-refractivity contribution in [2.45, 2.75) is 6.92 Å². The van der Waals surface area contributed by atoms with E-state index in [-0.39, 0.29) is 11.3 Å². The van der Waals surface area contributed by atoms with Crippen LogP contribution in [0.5, 0.6) is 11.5 Å². The highest BCUT2D eigenvalue weighted by Gasteiger charge is 2.13. The first-order valence-corrected chi connectivity index (χ1v) is 5.46. The normalized spacial score (nSPS) is 11.2. The number of phenolic OH excluding ortho intramolecular Hbond substituents is 2. The molecule has 0 aliphatic heterocycles. The van der Waals surface area contributed by atoms with E-state index in [1.807, 2.05) is 13.0 Å². The molecule has 0 spiro atoms. The van der Waals surface area contributed by atoms with Gasteiger partial charge in [-0.2, -0.15) is 0 Å². The summed E-state index contributed by atoms with van der Waals surface area (Å²) in [4.78, 5) is 11.8. The Morgan fingerprint density at radius 2 is 1.72 bits per heavy atom. The van der Waals surface area contributed by atoms with Crippen molar-refractivity contribution in [1.29, 1.82) is 0 Å². The molecule has 90 valence electrons. The van der Waals surface area contributed by atoms with Crippen molar-refractivity contribution in [3.8, 4) is 11.5 Å². The van der Waals surface area contributed by atoms with Gasteiger partial charge in [-0.3, -0.25) is 0 Å². The molecule has 1 aromatic heterocycles. The summed E-state index contributed by atoms with van der Waals surface area (Å²) in [6.07, 6.45) is 0. The van der Waals surface area contributed by atoms with Crippen LogP contribution in [0.2, 0.25) is 0 Å². The molecule has 0 radical (unpaired) electrons. The van der Waals surface area contributed by atoms with Crippen LogP contribution < -0.4 is 5.63 Å². The Labute approximate surface area is 102 Å². The number of hydrogen-bond acceptors (Lipinski definition) is 4. The third-order valence-corrected chi connectivity index (χ3v) is 2.99. The highest BCUT2D eigenvalue weighted by Crippen LogP contribution is 2.35. The molecule has 4 heteroatoms. The zero-order chi connectivity index (χ0) is 12.9. The molecular weight excluding hydrogens is 232 g/mol. The number of phenols is 2. The Bertz CT molecular complexity index is 830. The third kappa shape index (κ3) is 1.35. The van der Waals surface area contributed by atoms with Gasteiger partial charge in [0.25, 0.3) is 0 Å². The number of rotatable bonds is 0. The molecule has 3 rings (SSSR count). The van der Waals surface area contributed by atoms with Crippen LogP contribution in [0.3, 0.4) is 0 Å². The van der Waals surface area contributed by atoms with E-state index >= 15 is 0 Å². The lowest BCUT2D eigenvalue weighted by Crippen LogP contribution is -2.00. The Kier molecular flexibility index (Phi) is 2.07. The van der Waals surface area contributed by atoms with Crippen molar-refractivity contribution >= 4 is 21.7 Å². The number of fused-ring (bicyclic) bond motifs is 3. The van der Waals surface area contributed by atoms with Crippen LogP contribution in [0, 0.1) is 6.92 Å². The lowest BCUT2D eigenvalue weighted by atomic mass is 10.1. The van der Waals surface area contributed by atoms with E-state index in [0.29, 0.717) is 16.2 Å². The smallest absolute Gasteiger partial charge is 0.344 e. The lowest BCUT2D eigenvalue weighted by molar-refractivity contribution is 0.398. The minimum Gasteiger partial charge on any atom is -0.504 e. The summed E-state index contributed by atoms with van der Waals surface area (Å²) in [5.74, 6) is -0.718. The highest BCUT2D eigenvalue weighted by atomic mass is 16.4. The fraction of sp³-hybridized carbons (Fsp3) is 0.0714. The van der Waals surface area contributed by atoms with Crippen LogP contribution in [0.25, 0.3) is 21.7 Å². The first-order valence-electron chi connectivity index (χ1n) is 5.46. The topological polar surface area (TPSA) is 70.7 Å². The van der Waals surface area contributed by atoms with E-state index in [1.165, 1.54) is 6.07 Å². The number of benzene rings is 2. The first-order chi connectivity index (χ1) is 8.58. The maximum atomic E-state index is 11.8. The number of hydrogen-bond donors (Lipinski definition) is 2. The molecule has 0 unspecified atom stereocenters. The van der Waals surface area contributed by atoms with Gasteiger partial charge < -0.3 is 14.6 Å². The molecule has 1 heterocycles. The molecular formula is C14H10O4. The van der Waals surface area contributed by atoms with Gasteiger partial charge >= 0.3 is 5.63 Å². The fourth-order valence-corrected chi connectivity index (χ4v) is 2.09. The number of aromatic hydroxyl groups is 2. The molecule has 2 N–H and O–H groups in total. The van der Waals surface area contributed by atoms with Gasteiger partial charge in [0.05, 0.1) is 5.39 Å². The van der Waals surface area contributed by atoms with Crippen LogP contribution in [0.1, 0.15) is 5.56 Å². The van der Waals surface area contributed by atoms with Crippen LogP contribution in [-0.4, -0.2) is 10.2 Å². The molecule has 4 nitrogen and oxygen atoms in total. The number of aryl methyl sites for hydroxylation is 1. The summed E-state index contributed by atoms with van der Waals surface area (Å²) < 4.78 is 5.08. The molecule has 2 aromatic carbocycles. The quantitative estimate of drug-likeness (QED) is 0.361. The Morgan fingerprint density at radius 3 is 2.50 bits per heavy atom. The van der Waals surface area contributed by atoms with Gasteiger partial charge in [0.1, 0.15) is 0 Å². The van der Waals surface area contributed by atoms with Crippen molar-refractivity contribution in [1.82, 2.24) is 0 Å². The summed E-state index contributed by atoms with van der Waals surface area (Å²) in [6, 6.07) is 8.41. The molecule has 0 atom stereocenters. The van der Waals surface area contributed by atoms with Crippen LogP contribution in [0.15, 0.2) is 39.5 Å². The second-order valence-corrected chi connectivity index (χ2v) is 4.25. The van der Waals surface area contributed by atoms with E-state index < -0.39 is 11.4 Å². The molecule has 0 saturated heterocycles. The lowest BCUT2D eigenvalue weighted by Gasteiger charge is -2.05. The average Bonchev–Trinajstić information content (AvgIpc) is 2.35. The van der Waals surface area contributed by atoms with Crippen molar-refractivity contribution < 1.29 is 14.6 Å². The van der Waals surface area contributed by atoms with E-state index in [9.17, 15) is 15.0 Å². The maximum Gasteiger partial charge on any atom is 0.344 e. The maximum absolute atomic E-state index is 11.8. The summed E-state index contributed by atoms with van der Waals surface area (Å²) >= 11 is 0. The van der Waals surface area contributed by atoms with Crippen LogP contribution in [0.4, 0.5) is 0 Å². The van der Waals surface area contributed by atoms with E-state index in [0.717, 1.165) is 5.56 Å². The zero-order valence-corrected chi connectivity index (χ0v) is 9.60. The summed E-state index contributed by atoms with van der Waals surface area (Å²) in [7, 11) is 0. The van der Waals surface area contributed by atoms with Crippen molar-refractivity contribution in [3.63, 3.8) is 0 Å². The summed E-state index contributed by atoms with van der Waals surface area (Å²) in [6.45, 7) is 1.89. The zero-order valence-electron chi connectivity index (χ0n) is 9.60. The highest BCUT2D eigenvalue weighted by molar-refractivity contribution is 6.06. The Hall–Kier alpha value is -2.49. The van der Waals surface area contributed by atoms with Gasteiger partial charge in [0.2, 0.25) is 5.75 Å². The molecule has 0 saturated carbocycles. The predicted molar refractivity (Wildman–Crippen MR) is 68.1 cm³/mol. The van der Waals surface area contributed by atoms with Crippen LogP contribution in [-0.2, 0) is 0 Å². The summed E-state index contributed by atoms with van der Waals surface area (Å²) in [5, 5.41) is 20.9. The van der Waals surface area contributed by atoms with Gasteiger partial charge in [-0.1, -0.05) is 17.7 Å². The van der Waals surface area contributed by atoms with E-state index in [4.69, 9.17) is 4.42 Å². The summed E-state index contributed by atoms with van der Waals surface area (Å²) in [5.41, 5.74) is 0.440. The fourth-order valence-electron chi connectivity index (χ4n) is 2.09. The van der Waals surface area contributed by atoms with Gasteiger partial charge in [0, 0.05) is 10.8 Å². The Balaban J connectivity index is 2.63. The standard InChI is InChI=1S/C14H10O4/c1-7-2-3-8-9-4-5-11(15)12(16)13(9)18-14(17)10(8)6-7/h2-6,15-16H,1H3. The molecule has 3 aromatic rings. The van der Waals surface area contributed by atoms with E-state index in [1.54, 1.807) is 18.2 Å². The van der Waals surface area contributed by atoms with Crippen molar-refractivity contribution in [2.75, 3.05) is 0 Å². The molecule has 0 fully saturated rings. The first kappa shape index (κ1) is 10.7. The SMILES string of the molecule is Cc1ccc2c(c1)c(=O)oc1c(O)c(O)ccc12. The Morgan fingerprint density at radius 1 is 1.00 bits per heavy atom. The molecule has 0 amide bonds. The molecule has 18 heavy (non-hydrogen) atoms. The van der Waals surface area contributed by atoms with Crippen LogP contribution >= 0.6 is 0 Å². The molecule has 0 bridgehead atoms. The predicted octanol–water partition coefficient (Wildman–Crippen LogP) is 2.67. The third-order valence-electron chi connectivity index (χ3n) is 2.99. The van der Waals surface area contributed by atoms with Gasteiger partial charge in [0.15, 0.2) is 11.3 Å². The molecule has 0 aliphatic rings. The van der Waals surface area contributed by atoms with E-state index in [2.05, 4.69) is 0 Å². The minimum atomic E-state index is -0.526. The second-order valence-electron chi connectivity index (χ2n) is 4.25. The minimum absolute atomic E-state index is 0.0105. The van der Waals surface area contributed by atoms with Crippen molar-refractivity contribution in [3.05, 3.63) is 46.3 Å².